The lowest BCUT2D eigenvalue weighted by atomic mass is 10.2. The number of carbonyl (C=O) groups is 1. The molecule has 2 aromatic rings. The zero-order chi connectivity index (χ0) is 18.9. The van der Waals surface area contributed by atoms with E-state index in [4.69, 9.17) is 0 Å². The Morgan fingerprint density at radius 2 is 1.96 bits per heavy atom. The van der Waals surface area contributed by atoms with Gasteiger partial charge >= 0.3 is 0 Å². The Bertz CT molecular complexity index is 686. The molecule has 142 valence electrons. The molecule has 0 aliphatic carbocycles. The third-order valence-electron chi connectivity index (χ3n) is 4.14. The average molecular weight is 376 g/mol. The van der Waals surface area contributed by atoms with Crippen LogP contribution in [0.25, 0.3) is 0 Å². The van der Waals surface area contributed by atoms with Crippen LogP contribution in [0.15, 0.2) is 35.5 Å². The first-order valence-electron chi connectivity index (χ1n) is 9.09. The maximum Gasteiger partial charge on any atom is 0.230 e. The van der Waals surface area contributed by atoms with Crippen molar-refractivity contribution in [3.05, 3.63) is 41.7 Å². The monoisotopic (exact) mass is 375 g/mol. The summed E-state index contributed by atoms with van der Waals surface area (Å²) in [6.07, 6.45) is 1.88. The van der Waals surface area contributed by atoms with E-state index in [0.717, 1.165) is 23.8 Å². The van der Waals surface area contributed by atoms with Gasteiger partial charge in [-0.05, 0) is 32.5 Å². The standard InChI is InChI=1S/C19H29N5OS/c1-5-12-20-17(25)14-26-19-22-21-18(16(6-2)23(3)4)24(19)13-15-10-8-7-9-11-15/h7-11,16H,5-6,12-14H2,1-4H3,(H,20,25)/t16-/m0/s1. The van der Waals surface area contributed by atoms with Gasteiger partial charge in [-0.3, -0.25) is 9.69 Å². The van der Waals surface area contributed by atoms with Crippen LogP contribution >= 0.6 is 11.8 Å². The first kappa shape index (κ1) is 20.5. The predicted octanol–water partition coefficient (Wildman–Crippen LogP) is 2.96. The minimum absolute atomic E-state index is 0.0345. The summed E-state index contributed by atoms with van der Waals surface area (Å²) in [6, 6.07) is 10.5. The molecule has 2 rings (SSSR count). The van der Waals surface area contributed by atoms with E-state index in [1.165, 1.54) is 17.3 Å². The van der Waals surface area contributed by atoms with Crippen LogP contribution in [-0.4, -0.2) is 52.0 Å². The lowest BCUT2D eigenvalue weighted by Crippen LogP contribution is -2.26. The molecule has 7 heteroatoms. The number of benzene rings is 1. The van der Waals surface area contributed by atoms with E-state index in [2.05, 4.69) is 58.1 Å². The Kier molecular flexibility index (Phi) is 8.12. The molecule has 1 aromatic heterocycles. The molecule has 0 fully saturated rings. The van der Waals surface area contributed by atoms with Crippen molar-refractivity contribution in [3.63, 3.8) is 0 Å². The van der Waals surface area contributed by atoms with Crippen LogP contribution in [0.4, 0.5) is 0 Å². The third kappa shape index (κ3) is 5.57. The number of hydrogen-bond donors (Lipinski definition) is 1. The van der Waals surface area contributed by atoms with E-state index in [9.17, 15) is 4.79 Å². The molecular weight excluding hydrogens is 346 g/mol. The Balaban J connectivity index is 2.23. The lowest BCUT2D eigenvalue weighted by molar-refractivity contribution is -0.118. The van der Waals surface area contributed by atoms with Gasteiger partial charge in [0.05, 0.1) is 18.3 Å². The molecule has 0 spiro atoms. The highest BCUT2D eigenvalue weighted by molar-refractivity contribution is 7.99. The summed E-state index contributed by atoms with van der Waals surface area (Å²) in [5.41, 5.74) is 1.19. The smallest absolute Gasteiger partial charge is 0.230 e. The summed E-state index contributed by atoms with van der Waals surface area (Å²) in [5.74, 6) is 1.33. The van der Waals surface area contributed by atoms with Crippen LogP contribution in [0.5, 0.6) is 0 Å². The van der Waals surface area contributed by atoms with Gasteiger partial charge in [0.1, 0.15) is 0 Å². The number of rotatable bonds is 10. The molecule has 1 aromatic carbocycles. The molecule has 0 aliphatic rings. The lowest BCUT2D eigenvalue weighted by Gasteiger charge is -2.23. The van der Waals surface area contributed by atoms with Gasteiger partial charge in [0.15, 0.2) is 11.0 Å². The summed E-state index contributed by atoms with van der Waals surface area (Å²) in [4.78, 5) is 14.1. The average Bonchev–Trinajstić information content (AvgIpc) is 3.02. The molecular formula is C19H29N5OS. The fourth-order valence-corrected chi connectivity index (χ4v) is 3.57. The second kappa shape index (κ2) is 10.3. The summed E-state index contributed by atoms with van der Waals surface area (Å²) in [6.45, 7) is 5.60. The number of nitrogens with one attached hydrogen (secondary N) is 1. The van der Waals surface area contributed by atoms with Crippen LogP contribution in [0.2, 0.25) is 0 Å². The zero-order valence-corrected chi connectivity index (χ0v) is 16.9. The van der Waals surface area contributed by atoms with E-state index in [0.29, 0.717) is 18.8 Å². The van der Waals surface area contributed by atoms with Crippen molar-refractivity contribution in [3.8, 4) is 0 Å². The van der Waals surface area contributed by atoms with Crippen LogP contribution in [0, 0.1) is 0 Å². The van der Waals surface area contributed by atoms with E-state index in [1.54, 1.807) is 0 Å². The van der Waals surface area contributed by atoms with E-state index in [1.807, 2.05) is 25.1 Å². The van der Waals surface area contributed by atoms with Crippen LogP contribution in [-0.2, 0) is 11.3 Å². The van der Waals surface area contributed by atoms with Crippen molar-refractivity contribution in [2.45, 2.75) is 44.4 Å². The van der Waals surface area contributed by atoms with E-state index in [-0.39, 0.29) is 11.9 Å². The molecule has 0 saturated heterocycles. The molecule has 0 aliphatic heterocycles. The molecule has 1 atom stereocenters. The van der Waals surface area contributed by atoms with Gasteiger partial charge in [0, 0.05) is 6.54 Å². The molecule has 0 unspecified atom stereocenters. The SMILES string of the molecule is CCCNC(=O)CSc1nnc([C@H](CC)N(C)C)n1Cc1ccccc1. The Morgan fingerprint density at radius 3 is 2.58 bits per heavy atom. The summed E-state index contributed by atoms with van der Waals surface area (Å²) in [5, 5.41) is 12.5. The van der Waals surface area contributed by atoms with Crippen LogP contribution < -0.4 is 5.32 Å². The molecule has 0 radical (unpaired) electrons. The summed E-state index contributed by atoms with van der Waals surface area (Å²) in [7, 11) is 4.11. The van der Waals surface area contributed by atoms with E-state index < -0.39 is 0 Å². The second-order valence-electron chi connectivity index (χ2n) is 6.44. The Hall–Kier alpha value is -1.86. The first-order chi connectivity index (χ1) is 12.6. The zero-order valence-electron chi connectivity index (χ0n) is 16.1. The quantitative estimate of drug-likeness (QED) is 0.647. The maximum atomic E-state index is 12.0. The van der Waals surface area contributed by atoms with Crippen molar-refractivity contribution in [1.82, 2.24) is 25.0 Å². The first-order valence-corrected chi connectivity index (χ1v) is 10.1. The Labute approximate surface area is 160 Å². The fourth-order valence-electron chi connectivity index (χ4n) is 2.79. The van der Waals surface area contributed by atoms with Gasteiger partial charge in [-0.1, -0.05) is 55.9 Å². The van der Waals surface area contributed by atoms with Crippen molar-refractivity contribution >= 4 is 17.7 Å². The Morgan fingerprint density at radius 1 is 1.23 bits per heavy atom. The topological polar surface area (TPSA) is 63.1 Å². The van der Waals surface area contributed by atoms with Gasteiger partial charge in [-0.2, -0.15) is 0 Å². The minimum Gasteiger partial charge on any atom is -0.355 e. The molecule has 0 saturated carbocycles. The third-order valence-corrected chi connectivity index (χ3v) is 5.11. The van der Waals surface area contributed by atoms with Gasteiger partial charge in [0.2, 0.25) is 5.91 Å². The minimum atomic E-state index is 0.0345. The largest absolute Gasteiger partial charge is 0.355 e. The fraction of sp³-hybridized carbons (Fsp3) is 0.526. The predicted molar refractivity (Wildman–Crippen MR) is 106 cm³/mol. The van der Waals surface area contributed by atoms with Crippen molar-refractivity contribution in [2.24, 2.45) is 0 Å². The van der Waals surface area contributed by atoms with Gasteiger partial charge in [-0.15, -0.1) is 10.2 Å². The molecule has 0 bridgehead atoms. The number of aromatic nitrogens is 3. The summed E-state index contributed by atoms with van der Waals surface area (Å²) >= 11 is 1.44. The normalized spacial score (nSPS) is 12.3. The maximum absolute atomic E-state index is 12.0. The number of thioether (sulfide) groups is 1. The van der Waals surface area contributed by atoms with Gasteiger partial charge in [-0.25, -0.2) is 0 Å². The molecule has 1 N–H and O–H groups in total. The van der Waals surface area contributed by atoms with E-state index >= 15 is 0 Å². The highest BCUT2D eigenvalue weighted by Crippen LogP contribution is 2.26. The van der Waals surface area contributed by atoms with Crippen LogP contribution in [0.3, 0.4) is 0 Å². The highest BCUT2D eigenvalue weighted by atomic mass is 32.2. The highest BCUT2D eigenvalue weighted by Gasteiger charge is 2.22. The van der Waals surface area contributed by atoms with Crippen molar-refractivity contribution in [2.75, 3.05) is 26.4 Å². The number of hydrogen-bond acceptors (Lipinski definition) is 5. The molecule has 1 heterocycles. The molecule has 1 amide bonds. The molecule has 26 heavy (non-hydrogen) atoms. The number of nitrogens with zero attached hydrogens (tertiary/aromatic N) is 4. The molecule has 6 nitrogen and oxygen atoms in total. The second-order valence-corrected chi connectivity index (χ2v) is 7.38. The van der Waals surface area contributed by atoms with Crippen LogP contribution in [0.1, 0.15) is 44.1 Å². The number of carbonyl (C=O) groups excluding carboxylic acids is 1. The number of amides is 1. The van der Waals surface area contributed by atoms with Crippen molar-refractivity contribution < 1.29 is 4.79 Å². The van der Waals surface area contributed by atoms with Gasteiger partial charge < -0.3 is 9.88 Å². The van der Waals surface area contributed by atoms with Gasteiger partial charge in [0.25, 0.3) is 0 Å². The summed E-state index contributed by atoms with van der Waals surface area (Å²) < 4.78 is 2.14. The van der Waals surface area contributed by atoms with Crippen molar-refractivity contribution in [1.29, 1.82) is 0 Å².